The van der Waals surface area contributed by atoms with Crippen LogP contribution in [0.2, 0.25) is 0 Å². The normalized spacial score (nSPS) is 14.6. The Hall–Kier alpha value is -3.56. The van der Waals surface area contributed by atoms with Gasteiger partial charge in [0.2, 0.25) is 17.7 Å². The monoisotopic (exact) mass is 528 g/mol. The number of amides is 3. The molecule has 0 bridgehead atoms. The lowest BCUT2D eigenvalue weighted by atomic mass is 9.96. The highest BCUT2D eigenvalue weighted by Gasteiger charge is 2.40. The fourth-order valence-electron chi connectivity index (χ4n) is 4.76. The van der Waals surface area contributed by atoms with Crippen LogP contribution in [0, 0.1) is 6.92 Å². The predicted molar refractivity (Wildman–Crippen MR) is 143 cm³/mol. The smallest absolute Gasteiger partial charge is 0.248 e. The largest absolute Gasteiger partial charge is 0.493 e. The van der Waals surface area contributed by atoms with Crippen LogP contribution in [0.15, 0.2) is 28.8 Å². The van der Waals surface area contributed by atoms with Crippen LogP contribution in [0.25, 0.3) is 0 Å². The highest BCUT2D eigenvalue weighted by molar-refractivity contribution is 5.94. The minimum atomic E-state index is -0.956. The molecule has 3 rings (SSSR count). The number of carbonyl (C=O) groups excluding carboxylic acids is 3. The molecule has 1 aliphatic carbocycles. The first kappa shape index (κ1) is 29.0. The first-order chi connectivity index (χ1) is 18.1. The van der Waals surface area contributed by atoms with Crippen LogP contribution >= 0.6 is 0 Å². The van der Waals surface area contributed by atoms with Crippen LogP contribution in [0.5, 0.6) is 11.5 Å². The number of anilines is 1. The van der Waals surface area contributed by atoms with Crippen molar-refractivity contribution in [3.8, 4) is 11.5 Å². The molecule has 10 nitrogen and oxygen atoms in total. The van der Waals surface area contributed by atoms with Gasteiger partial charge >= 0.3 is 0 Å². The van der Waals surface area contributed by atoms with Gasteiger partial charge in [-0.1, -0.05) is 37.1 Å². The summed E-state index contributed by atoms with van der Waals surface area (Å²) in [6, 6.07) is 5.84. The van der Waals surface area contributed by atoms with Crippen molar-refractivity contribution in [2.45, 2.75) is 90.3 Å². The molecule has 1 fully saturated rings. The van der Waals surface area contributed by atoms with Crippen molar-refractivity contribution in [2.75, 3.05) is 19.5 Å². The lowest BCUT2D eigenvalue weighted by molar-refractivity contribution is -0.144. The predicted octanol–water partition coefficient (Wildman–Crippen LogP) is 4.54. The fraction of sp³-hybridized carbons (Fsp3) is 0.571. The van der Waals surface area contributed by atoms with E-state index in [2.05, 4.69) is 15.8 Å². The van der Waals surface area contributed by atoms with E-state index in [1.54, 1.807) is 36.1 Å². The second kappa shape index (κ2) is 12.8. The van der Waals surface area contributed by atoms with E-state index in [1.165, 1.54) is 14.2 Å². The molecule has 0 saturated heterocycles. The van der Waals surface area contributed by atoms with Crippen molar-refractivity contribution in [1.82, 2.24) is 15.4 Å². The van der Waals surface area contributed by atoms with Gasteiger partial charge in [0.25, 0.3) is 0 Å². The van der Waals surface area contributed by atoms with Gasteiger partial charge in [-0.2, -0.15) is 0 Å². The Balaban J connectivity index is 1.96. The summed E-state index contributed by atoms with van der Waals surface area (Å²) >= 11 is 0. The summed E-state index contributed by atoms with van der Waals surface area (Å²) in [5.74, 6) is 0.810. The molecule has 1 saturated carbocycles. The number of benzene rings is 1. The molecule has 38 heavy (non-hydrogen) atoms. The van der Waals surface area contributed by atoms with Gasteiger partial charge in [-0.25, -0.2) is 0 Å². The molecule has 1 aliphatic rings. The number of aryl methyl sites for hydroxylation is 1. The maximum atomic E-state index is 14.0. The molecule has 1 atom stereocenters. The van der Waals surface area contributed by atoms with Crippen molar-refractivity contribution < 1.29 is 28.4 Å². The van der Waals surface area contributed by atoms with E-state index >= 15 is 0 Å². The summed E-state index contributed by atoms with van der Waals surface area (Å²) in [5.41, 5.74) is 0.0561. The molecule has 2 N–H and O–H groups in total. The van der Waals surface area contributed by atoms with E-state index in [0.29, 0.717) is 35.1 Å². The maximum Gasteiger partial charge on any atom is 0.248 e. The Morgan fingerprint density at radius 1 is 1.16 bits per heavy atom. The fourth-order valence-corrected chi connectivity index (χ4v) is 4.76. The molecule has 2 aromatic rings. The van der Waals surface area contributed by atoms with Crippen LogP contribution in [0.1, 0.15) is 83.1 Å². The van der Waals surface area contributed by atoms with Crippen molar-refractivity contribution in [3.63, 3.8) is 0 Å². The Morgan fingerprint density at radius 3 is 2.45 bits per heavy atom. The van der Waals surface area contributed by atoms with E-state index in [-0.39, 0.29) is 36.6 Å². The highest BCUT2D eigenvalue weighted by atomic mass is 16.5. The summed E-state index contributed by atoms with van der Waals surface area (Å²) in [6.07, 6.45) is 4.08. The van der Waals surface area contributed by atoms with Gasteiger partial charge in [-0.05, 0) is 46.1 Å². The average Bonchev–Trinajstić information content (AvgIpc) is 3.56. The van der Waals surface area contributed by atoms with E-state index < -0.39 is 11.6 Å². The summed E-state index contributed by atoms with van der Waals surface area (Å²) in [5, 5.41) is 9.55. The highest BCUT2D eigenvalue weighted by Crippen LogP contribution is 2.40. The molecule has 1 heterocycles. The van der Waals surface area contributed by atoms with Gasteiger partial charge in [0, 0.05) is 36.1 Å². The number of para-hydroxylation sites is 1. The molecule has 0 spiro atoms. The molecular weight excluding hydrogens is 488 g/mol. The van der Waals surface area contributed by atoms with Gasteiger partial charge in [-0.3, -0.25) is 14.4 Å². The molecule has 1 aromatic heterocycles. The first-order valence-corrected chi connectivity index (χ1v) is 13.2. The van der Waals surface area contributed by atoms with Crippen molar-refractivity contribution in [1.29, 1.82) is 0 Å². The van der Waals surface area contributed by atoms with Crippen molar-refractivity contribution >= 4 is 23.5 Å². The quantitative estimate of drug-likeness (QED) is 0.415. The van der Waals surface area contributed by atoms with Gasteiger partial charge in [0.1, 0.15) is 11.8 Å². The number of methoxy groups -OCH3 is 2. The Kier molecular flexibility index (Phi) is 9.77. The molecule has 1 aromatic carbocycles. The van der Waals surface area contributed by atoms with E-state index in [1.807, 2.05) is 20.8 Å². The molecule has 208 valence electrons. The lowest BCUT2D eigenvalue weighted by Gasteiger charge is -2.38. The molecule has 0 unspecified atom stereocenters. The first-order valence-electron chi connectivity index (χ1n) is 13.2. The number of rotatable bonds is 12. The van der Waals surface area contributed by atoms with E-state index in [4.69, 9.17) is 14.0 Å². The van der Waals surface area contributed by atoms with Crippen LogP contribution in [0.4, 0.5) is 5.82 Å². The third kappa shape index (κ3) is 7.05. The second-order valence-electron chi connectivity index (χ2n) is 10.3. The van der Waals surface area contributed by atoms with Gasteiger partial charge in [-0.15, -0.1) is 0 Å². The summed E-state index contributed by atoms with van der Waals surface area (Å²) in [4.78, 5) is 42.1. The Labute approximate surface area is 224 Å². The van der Waals surface area contributed by atoms with Crippen LogP contribution in [0.3, 0.4) is 0 Å². The average molecular weight is 529 g/mol. The molecule has 0 aliphatic heterocycles. The third-order valence-electron chi connectivity index (χ3n) is 7.07. The number of hydrogen-bond acceptors (Lipinski definition) is 7. The minimum Gasteiger partial charge on any atom is -0.493 e. The topological polar surface area (TPSA) is 123 Å². The summed E-state index contributed by atoms with van der Waals surface area (Å²) in [7, 11) is 3.05. The van der Waals surface area contributed by atoms with Crippen LogP contribution in [-0.4, -0.2) is 53.6 Å². The Morgan fingerprint density at radius 2 is 1.87 bits per heavy atom. The summed E-state index contributed by atoms with van der Waals surface area (Å²) in [6.45, 7) is 7.62. The van der Waals surface area contributed by atoms with E-state index in [0.717, 1.165) is 25.7 Å². The number of carbonyl (C=O) groups is 3. The van der Waals surface area contributed by atoms with Gasteiger partial charge in [0.05, 0.1) is 14.2 Å². The molecule has 0 radical (unpaired) electrons. The van der Waals surface area contributed by atoms with Crippen molar-refractivity contribution in [3.05, 3.63) is 35.6 Å². The number of nitrogens with zero attached hydrogens (tertiary/aromatic N) is 2. The Bertz CT molecular complexity index is 1120. The molecular formula is C28H40N4O6. The SMILES string of the molecule is CCC(C)(C)NC(=O)[C@@H](c1cccc(OC)c1OC)N(C(=O)CCC(=O)Nc1cc(C)on1)C1CCCC1. The summed E-state index contributed by atoms with van der Waals surface area (Å²) < 4.78 is 16.2. The molecule has 10 heteroatoms. The van der Waals surface area contributed by atoms with E-state index in [9.17, 15) is 14.4 Å². The number of aromatic nitrogens is 1. The number of hydrogen-bond donors (Lipinski definition) is 2. The van der Waals surface area contributed by atoms with Gasteiger partial charge < -0.3 is 29.5 Å². The van der Waals surface area contributed by atoms with Crippen LogP contribution in [-0.2, 0) is 14.4 Å². The second-order valence-corrected chi connectivity index (χ2v) is 10.3. The minimum absolute atomic E-state index is 0.0575. The third-order valence-corrected chi connectivity index (χ3v) is 7.07. The van der Waals surface area contributed by atoms with Crippen LogP contribution < -0.4 is 20.1 Å². The zero-order chi connectivity index (χ0) is 27.9. The van der Waals surface area contributed by atoms with Crippen molar-refractivity contribution in [2.24, 2.45) is 0 Å². The zero-order valence-corrected chi connectivity index (χ0v) is 23.3. The number of ether oxygens (including phenoxy) is 2. The molecule has 3 amide bonds. The standard InChI is InChI=1S/C28H40N4O6/c1-7-28(3,4)30-27(35)25(20-13-10-14-21(36-5)26(20)37-6)32(19-11-8-9-12-19)24(34)16-15-23(33)29-22-17-18(2)38-31-22/h10,13-14,17,19,25H,7-9,11-12,15-16H2,1-6H3,(H,30,35)(H,29,31,33)/t25-/m1/s1. The zero-order valence-electron chi connectivity index (χ0n) is 23.3. The lowest BCUT2D eigenvalue weighted by Crippen LogP contribution is -2.52. The van der Waals surface area contributed by atoms with Gasteiger partial charge in [0.15, 0.2) is 17.3 Å². The maximum absolute atomic E-state index is 14.0. The number of nitrogens with one attached hydrogen (secondary N) is 2.